The third-order valence-corrected chi connectivity index (χ3v) is 3.99. The van der Waals surface area contributed by atoms with Crippen LogP contribution >= 0.6 is 0 Å². The summed E-state index contributed by atoms with van der Waals surface area (Å²) in [4.78, 5) is 16.7. The molecule has 0 bridgehead atoms. The van der Waals surface area contributed by atoms with Gasteiger partial charge in [-0.2, -0.15) is 0 Å². The summed E-state index contributed by atoms with van der Waals surface area (Å²) in [5.74, 6) is 1.23. The van der Waals surface area contributed by atoms with Crippen LogP contribution in [0, 0.1) is 6.92 Å². The highest BCUT2D eigenvalue weighted by molar-refractivity contribution is 5.94. The van der Waals surface area contributed by atoms with E-state index in [1.54, 1.807) is 7.11 Å². The molecule has 0 unspecified atom stereocenters. The first kappa shape index (κ1) is 22.2. The minimum absolute atomic E-state index is 0.117. The molecule has 0 atom stereocenters. The highest BCUT2D eigenvalue weighted by Gasteiger charge is 2.07. The highest BCUT2D eigenvalue weighted by Crippen LogP contribution is 2.21. The molecule has 29 heavy (non-hydrogen) atoms. The molecule has 0 aliphatic rings. The van der Waals surface area contributed by atoms with Crippen LogP contribution in [0.3, 0.4) is 0 Å². The number of aryl methyl sites for hydroxylation is 1. The second kappa shape index (κ2) is 12.4. The van der Waals surface area contributed by atoms with Crippen molar-refractivity contribution in [2.24, 2.45) is 4.99 Å². The van der Waals surface area contributed by atoms with E-state index in [0.717, 1.165) is 22.6 Å². The zero-order valence-electron chi connectivity index (χ0n) is 17.3. The molecule has 2 aromatic carbocycles. The van der Waals surface area contributed by atoms with Gasteiger partial charge in [0.1, 0.15) is 12.4 Å². The molecule has 0 spiro atoms. The summed E-state index contributed by atoms with van der Waals surface area (Å²) in [7, 11) is 1.65. The van der Waals surface area contributed by atoms with Gasteiger partial charge in [-0.3, -0.25) is 4.79 Å². The summed E-state index contributed by atoms with van der Waals surface area (Å²) >= 11 is 0. The molecule has 0 radical (unpaired) electrons. The first-order chi connectivity index (χ1) is 14.1. The van der Waals surface area contributed by atoms with Crippen LogP contribution in [-0.2, 0) is 16.1 Å². The van der Waals surface area contributed by atoms with Crippen molar-refractivity contribution in [1.29, 1.82) is 0 Å². The van der Waals surface area contributed by atoms with E-state index >= 15 is 0 Å². The minimum atomic E-state index is -0.138. The lowest BCUT2D eigenvalue weighted by Gasteiger charge is -2.13. The van der Waals surface area contributed by atoms with Crippen LogP contribution in [0.1, 0.15) is 18.1 Å². The average Bonchev–Trinajstić information content (AvgIpc) is 2.72. The zero-order chi connectivity index (χ0) is 20.9. The van der Waals surface area contributed by atoms with Crippen LogP contribution in [0.15, 0.2) is 53.5 Å². The lowest BCUT2D eigenvalue weighted by Crippen LogP contribution is -2.41. The molecule has 2 rings (SSSR count). The number of hydrogen-bond acceptors (Lipinski definition) is 4. The van der Waals surface area contributed by atoms with Gasteiger partial charge in [0.15, 0.2) is 5.96 Å². The maximum absolute atomic E-state index is 12.1. The predicted molar refractivity (Wildman–Crippen MR) is 116 cm³/mol. The standard InChI is InChI=1S/C22H30N4O3/c1-4-23-22(25-16-21(27)26-19-8-6-5-7-9-19)24-15-18-11-10-17(2)14-20(18)29-13-12-28-3/h5-11,14H,4,12-13,15-16H2,1-3H3,(H,26,27)(H2,23,24,25). The Morgan fingerprint density at radius 1 is 1.07 bits per heavy atom. The number of para-hydroxylation sites is 1. The van der Waals surface area contributed by atoms with Crippen molar-refractivity contribution < 1.29 is 14.3 Å². The SMILES string of the molecule is CCNC(=NCc1ccc(C)cc1OCCOC)NCC(=O)Nc1ccccc1. The van der Waals surface area contributed by atoms with Gasteiger partial charge in [0.2, 0.25) is 5.91 Å². The second-order valence-electron chi connectivity index (χ2n) is 6.42. The van der Waals surface area contributed by atoms with Crippen LogP contribution in [0.25, 0.3) is 0 Å². The maximum Gasteiger partial charge on any atom is 0.243 e. The topological polar surface area (TPSA) is 84.0 Å². The van der Waals surface area contributed by atoms with Gasteiger partial charge in [0.05, 0.1) is 19.7 Å². The Labute approximate surface area is 172 Å². The number of anilines is 1. The largest absolute Gasteiger partial charge is 0.491 e. The number of nitrogens with one attached hydrogen (secondary N) is 3. The number of methoxy groups -OCH3 is 1. The number of carbonyl (C=O) groups excluding carboxylic acids is 1. The summed E-state index contributed by atoms with van der Waals surface area (Å²) in [6.45, 7) is 6.24. The van der Waals surface area contributed by atoms with Gasteiger partial charge in [-0.25, -0.2) is 4.99 Å². The summed E-state index contributed by atoms with van der Waals surface area (Å²) in [5, 5.41) is 9.05. The predicted octanol–water partition coefficient (Wildman–Crippen LogP) is 2.71. The Morgan fingerprint density at radius 3 is 2.59 bits per heavy atom. The zero-order valence-corrected chi connectivity index (χ0v) is 17.3. The molecular weight excluding hydrogens is 368 g/mol. The summed E-state index contributed by atoms with van der Waals surface area (Å²) in [6, 6.07) is 15.4. The summed E-state index contributed by atoms with van der Waals surface area (Å²) < 4.78 is 10.9. The molecule has 0 saturated carbocycles. The van der Waals surface area contributed by atoms with Crippen molar-refractivity contribution >= 4 is 17.6 Å². The van der Waals surface area contributed by atoms with Gasteiger partial charge < -0.3 is 25.4 Å². The summed E-state index contributed by atoms with van der Waals surface area (Å²) in [6.07, 6.45) is 0. The molecule has 1 amide bonds. The molecule has 3 N–H and O–H groups in total. The van der Waals surface area contributed by atoms with E-state index in [-0.39, 0.29) is 12.5 Å². The fourth-order valence-electron chi connectivity index (χ4n) is 2.56. The monoisotopic (exact) mass is 398 g/mol. The van der Waals surface area contributed by atoms with Crippen LogP contribution in [-0.4, -0.2) is 45.3 Å². The van der Waals surface area contributed by atoms with Crippen molar-refractivity contribution in [3.05, 3.63) is 59.7 Å². The molecule has 0 saturated heterocycles. The Hall–Kier alpha value is -3.06. The van der Waals surface area contributed by atoms with Gasteiger partial charge in [0.25, 0.3) is 0 Å². The number of guanidine groups is 1. The first-order valence-electron chi connectivity index (χ1n) is 9.70. The Morgan fingerprint density at radius 2 is 1.86 bits per heavy atom. The molecule has 0 aliphatic heterocycles. The van der Waals surface area contributed by atoms with Gasteiger partial charge in [0, 0.05) is 24.9 Å². The fourth-order valence-corrected chi connectivity index (χ4v) is 2.56. The van der Waals surface area contributed by atoms with Crippen LogP contribution in [0.5, 0.6) is 5.75 Å². The van der Waals surface area contributed by atoms with Gasteiger partial charge in [-0.05, 0) is 37.6 Å². The molecule has 0 heterocycles. The quantitative estimate of drug-likeness (QED) is 0.326. The second-order valence-corrected chi connectivity index (χ2v) is 6.42. The van der Waals surface area contributed by atoms with Crippen molar-refractivity contribution in [1.82, 2.24) is 10.6 Å². The van der Waals surface area contributed by atoms with Crippen molar-refractivity contribution in [3.8, 4) is 5.75 Å². The number of ether oxygens (including phenoxy) is 2. The van der Waals surface area contributed by atoms with Crippen molar-refractivity contribution in [2.45, 2.75) is 20.4 Å². The van der Waals surface area contributed by atoms with Gasteiger partial charge in [-0.1, -0.05) is 30.3 Å². The lowest BCUT2D eigenvalue weighted by molar-refractivity contribution is -0.115. The van der Waals surface area contributed by atoms with Crippen molar-refractivity contribution in [3.63, 3.8) is 0 Å². The number of carbonyl (C=O) groups is 1. The van der Waals surface area contributed by atoms with Gasteiger partial charge >= 0.3 is 0 Å². The number of rotatable bonds is 10. The van der Waals surface area contributed by atoms with E-state index in [1.807, 2.05) is 62.4 Å². The Bertz CT molecular complexity index is 794. The molecule has 7 heteroatoms. The number of hydrogen-bond donors (Lipinski definition) is 3. The molecule has 7 nitrogen and oxygen atoms in total. The Kier molecular flexibility index (Phi) is 9.51. The van der Waals surface area contributed by atoms with Crippen molar-refractivity contribution in [2.75, 3.05) is 38.7 Å². The van der Waals surface area contributed by atoms with E-state index in [9.17, 15) is 4.79 Å². The fraction of sp³-hybridized carbons (Fsp3) is 0.364. The number of nitrogens with zero attached hydrogens (tertiary/aromatic N) is 1. The molecule has 2 aromatic rings. The van der Waals surface area contributed by atoms with Crippen LogP contribution in [0.2, 0.25) is 0 Å². The molecule has 0 aliphatic carbocycles. The van der Waals surface area contributed by atoms with Crippen LogP contribution in [0.4, 0.5) is 5.69 Å². The highest BCUT2D eigenvalue weighted by atomic mass is 16.5. The van der Waals surface area contributed by atoms with E-state index in [0.29, 0.717) is 32.3 Å². The van der Waals surface area contributed by atoms with E-state index in [1.165, 1.54) is 0 Å². The first-order valence-corrected chi connectivity index (χ1v) is 9.70. The number of amides is 1. The number of benzene rings is 2. The van der Waals surface area contributed by atoms with Crippen LogP contribution < -0.4 is 20.7 Å². The maximum atomic E-state index is 12.1. The average molecular weight is 399 g/mol. The van der Waals surface area contributed by atoms with E-state index in [2.05, 4.69) is 20.9 Å². The third-order valence-electron chi connectivity index (χ3n) is 3.99. The van der Waals surface area contributed by atoms with E-state index < -0.39 is 0 Å². The molecule has 0 aromatic heterocycles. The number of aliphatic imine (C=N–C) groups is 1. The third kappa shape index (κ3) is 8.23. The smallest absolute Gasteiger partial charge is 0.243 e. The normalized spacial score (nSPS) is 11.1. The summed E-state index contributed by atoms with van der Waals surface area (Å²) in [5.41, 5.74) is 2.85. The Balaban J connectivity index is 1.96. The minimum Gasteiger partial charge on any atom is -0.491 e. The van der Waals surface area contributed by atoms with E-state index in [4.69, 9.17) is 9.47 Å². The lowest BCUT2D eigenvalue weighted by atomic mass is 10.1. The van der Waals surface area contributed by atoms with Gasteiger partial charge in [-0.15, -0.1) is 0 Å². The molecule has 156 valence electrons. The molecular formula is C22H30N4O3. The molecule has 0 fully saturated rings.